The van der Waals surface area contributed by atoms with E-state index in [4.69, 9.17) is 5.73 Å². The van der Waals surface area contributed by atoms with Crippen LogP contribution >= 0.6 is 0 Å². The minimum absolute atomic E-state index is 0.0204. The lowest BCUT2D eigenvalue weighted by atomic mass is 10.1. The van der Waals surface area contributed by atoms with Crippen LogP contribution in [0.25, 0.3) is 16.7 Å². The van der Waals surface area contributed by atoms with Gasteiger partial charge in [-0.2, -0.15) is 13.2 Å². The van der Waals surface area contributed by atoms with Crippen LogP contribution in [0.5, 0.6) is 0 Å². The van der Waals surface area contributed by atoms with Gasteiger partial charge in [0.15, 0.2) is 0 Å². The zero-order chi connectivity index (χ0) is 15.0. The van der Waals surface area contributed by atoms with Crippen LogP contribution in [0.3, 0.4) is 0 Å². The minimum atomic E-state index is -4.40. The lowest BCUT2D eigenvalue weighted by Gasteiger charge is -2.12. The number of alkyl halides is 3. The highest BCUT2D eigenvalue weighted by molar-refractivity contribution is 5.76. The van der Waals surface area contributed by atoms with Gasteiger partial charge in [-0.3, -0.25) is 0 Å². The Morgan fingerprint density at radius 2 is 1.86 bits per heavy atom. The van der Waals surface area contributed by atoms with Gasteiger partial charge >= 0.3 is 6.18 Å². The molecule has 0 amide bonds. The molecule has 3 rings (SSSR count). The van der Waals surface area contributed by atoms with Crippen molar-refractivity contribution in [2.24, 2.45) is 5.73 Å². The Hall–Kier alpha value is -2.41. The number of aromatic nitrogens is 3. The van der Waals surface area contributed by atoms with Gasteiger partial charge in [-0.1, -0.05) is 17.3 Å². The smallest absolute Gasteiger partial charge is 0.326 e. The Labute approximate surface area is 118 Å². The highest BCUT2D eigenvalue weighted by Crippen LogP contribution is 2.31. The van der Waals surface area contributed by atoms with Crippen molar-refractivity contribution in [1.82, 2.24) is 15.0 Å². The van der Waals surface area contributed by atoms with Crippen molar-refractivity contribution >= 4 is 11.0 Å². The first-order chi connectivity index (χ1) is 10.0. The van der Waals surface area contributed by atoms with E-state index in [9.17, 15) is 13.2 Å². The highest BCUT2D eigenvalue weighted by atomic mass is 19.4. The van der Waals surface area contributed by atoms with Crippen molar-refractivity contribution in [3.05, 3.63) is 53.6 Å². The van der Waals surface area contributed by atoms with E-state index in [1.165, 1.54) is 10.7 Å². The van der Waals surface area contributed by atoms with Crippen molar-refractivity contribution in [3.63, 3.8) is 0 Å². The predicted octanol–water partition coefficient (Wildman–Crippen LogP) is 2.90. The summed E-state index contributed by atoms with van der Waals surface area (Å²) in [6.45, 7) is -0.0204. The number of rotatable bonds is 2. The maximum absolute atomic E-state index is 12.8. The van der Waals surface area contributed by atoms with Crippen LogP contribution in [0.1, 0.15) is 11.1 Å². The number of benzene rings is 2. The molecule has 0 aliphatic heterocycles. The Kier molecular flexibility index (Phi) is 3.13. The SMILES string of the molecule is NCc1cc(C(F)(F)F)ccc1-n1nnc2ccccc21. The van der Waals surface area contributed by atoms with Gasteiger partial charge in [0, 0.05) is 6.54 Å². The first-order valence-corrected chi connectivity index (χ1v) is 6.21. The van der Waals surface area contributed by atoms with E-state index in [0.717, 1.165) is 12.1 Å². The summed E-state index contributed by atoms with van der Waals surface area (Å²) in [6, 6.07) is 10.6. The molecule has 0 atom stereocenters. The van der Waals surface area contributed by atoms with Crippen LogP contribution in [-0.2, 0) is 12.7 Å². The highest BCUT2D eigenvalue weighted by Gasteiger charge is 2.31. The molecule has 0 saturated carbocycles. The summed E-state index contributed by atoms with van der Waals surface area (Å²) in [7, 11) is 0. The minimum Gasteiger partial charge on any atom is -0.326 e. The van der Waals surface area contributed by atoms with Crippen LogP contribution in [0.2, 0.25) is 0 Å². The molecule has 0 spiro atoms. The molecular formula is C14H11F3N4. The molecule has 0 saturated heterocycles. The monoisotopic (exact) mass is 292 g/mol. The average molecular weight is 292 g/mol. The molecule has 0 aliphatic carbocycles. The third kappa shape index (κ3) is 2.36. The number of nitrogens with zero attached hydrogens (tertiary/aromatic N) is 3. The quantitative estimate of drug-likeness (QED) is 0.790. The van der Waals surface area contributed by atoms with Gasteiger partial charge in [-0.15, -0.1) is 5.10 Å². The number of fused-ring (bicyclic) bond motifs is 1. The van der Waals surface area contributed by atoms with Crippen molar-refractivity contribution in [2.75, 3.05) is 0 Å². The molecule has 3 aromatic rings. The zero-order valence-electron chi connectivity index (χ0n) is 10.8. The molecule has 0 bridgehead atoms. The fourth-order valence-electron chi connectivity index (χ4n) is 2.18. The molecule has 7 heteroatoms. The Balaban J connectivity index is 2.18. The second-order valence-electron chi connectivity index (χ2n) is 4.54. The molecule has 0 aliphatic rings. The number of para-hydroxylation sites is 1. The van der Waals surface area contributed by atoms with E-state index in [2.05, 4.69) is 10.3 Å². The predicted molar refractivity (Wildman–Crippen MR) is 71.8 cm³/mol. The van der Waals surface area contributed by atoms with Crippen molar-refractivity contribution < 1.29 is 13.2 Å². The van der Waals surface area contributed by atoms with Crippen LogP contribution in [0.4, 0.5) is 13.2 Å². The topological polar surface area (TPSA) is 56.7 Å². The van der Waals surface area contributed by atoms with E-state index in [0.29, 0.717) is 22.3 Å². The van der Waals surface area contributed by atoms with Gasteiger partial charge in [-0.05, 0) is 35.9 Å². The molecular weight excluding hydrogens is 281 g/mol. The maximum atomic E-state index is 12.8. The molecule has 0 radical (unpaired) electrons. The summed E-state index contributed by atoms with van der Waals surface area (Å²) < 4.78 is 39.8. The van der Waals surface area contributed by atoms with Gasteiger partial charge in [0.2, 0.25) is 0 Å². The molecule has 0 unspecified atom stereocenters. The molecule has 1 aromatic heterocycles. The second kappa shape index (κ2) is 4.85. The fourth-order valence-corrected chi connectivity index (χ4v) is 2.18. The van der Waals surface area contributed by atoms with E-state index in [-0.39, 0.29) is 6.54 Å². The normalized spacial score (nSPS) is 12.0. The number of hydrogen-bond donors (Lipinski definition) is 1. The molecule has 0 fully saturated rings. The number of halogens is 3. The second-order valence-corrected chi connectivity index (χ2v) is 4.54. The van der Waals surface area contributed by atoms with E-state index < -0.39 is 11.7 Å². The Morgan fingerprint density at radius 1 is 1.10 bits per heavy atom. The number of nitrogens with two attached hydrogens (primary N) is 1. The maximum Gasteiger partial charge on any atom is 0.416 e. The molecule has 108 valence electrons. The van der Waals surface area contributed by atoms with Gasteiger partial charge in [0.05, 0.1) is 16.8 Å². The first-order valence-electron chi connectivity index (χ1n) is 6.21. The van der Waals surface area contributed by atoms with Gasteiger partial charge < -0.3 is 5.73 Å². The fraction of sp³-hybridized carbons (Fsp3) is 0.143. The standard InChI is InChI=1S/C14H11F3N4/c15-14(16,17)10-5-6-12(9(7-10)8-18)21-13-4-2-1-3-11(13)19-20-21/h1-7H,8,18H2. The van der Waals surface area contributed by atoms with Crippen molar-refractivity contribution in [3.8, 4) is 5.69 Å². The number of hydrogen-bond acceptors (Lipinski definition) is 3. The summed E-state index contributed by atoms with van der Waals surface area (Å²) in [5.74, 6) is 0. The van der Waals surface area contributed by atoms with Crippen molar-refractivity contribution in [1.29, 1.82) is 0 Å². The van der Waals surface area contributed by atoms with Gasteiger partial charge in [-0.25, -0.2) is 4.68 Å². The Bertz CT molecular complexity index is 792. The van der Waals surface area contributed by atoms with Crippen LogP contribution in [0, 0.1) is 0 Å². The first kappa shape index (κ1) is 13.6. The molecule has 2 aromatic carbocycles. The van der Waals surface area contributed by atoms with Crippen LogP contribution in [-0.4, -0.2) is 15.0 Å². The lowest BCUT2D eigenvalue weighted by molar-refractivity contribution is -0.137. The van der Waals surface area contributed by atoms with Crippen LogP contribution in [0.15, 0.2) is 42.5 Å². The van der Waals surface area contributed by atoms with Crippen LogP contribution < -0.4 is 5.73 Å². The van der Waals surface area contributed by atoms with Gasteiger partial charge in [0.25, 0.3) is 0 Å². The summed E-state index contributed by atoms with van der Waals surface area (Å²) in [5, 5.41) is 7.99. The molecule has 1 heterocycles. The summed E-state index contributed by atoms with van der Waals surface area (Å²) in [5.41, 5.74) is 7.10. The molecule has 4 nitrogen and oxygen atoms in total. The third-order valence-corrected chi connectivity index (χ3v) is 3.21. The average Bonchev–Trinajstić information content (AvgIpc) is 2.89. The van der Waals surface area contributed by atoms with E-state index in [1.807, 2.05) is 12.1 Å². The largest absolute Gasteiger partial charge is 0.416 e. The summed E-state index contributed by atoms with van der Waals surface area (Å²) >= 11 is 0. The van der Waals surface area contributed by atoms with Crippen molar-refractivity contribution in [2.45, 2.75) is 12.7 Å². The molecule has 21 heavy (non-hydrogen) atoms. The lowest BCUT2D eigenvalue weighted by Crippen LogP contribution is -2.10. The van der Waals surface area contributed by atoms with Gasteiger partial charge in [0.1, 0.15) is 5.52 Å². The van der Waals surface area contributed by atoms with E-state index in [1.54, 1.807) is 12.1 Å². The van der Waals surface area contributed by atoms with E-state index >= 15 is 0 Å². The molecule has 2 N–H and O–H groups in total. The third-order valence-electron chi connectivity index (χ3n) is 3.21. The Morgan fingerprint density at radius 3 is 2.57 bits per heavy atom. The zero-order valence-corrected chi connectivity index (χ0v) is 10.8. The summed E-state index contributed by atoms with van der Waals surface area (Å²) in [4.78, 5) is 0. The summed E-state index contributed by atoms with van der Waals surface area (Å²) in [6.07, 6.45) is -4.40.